The highest BCUT2D eigenvalue weighted by molar-refractivity contribution is 5.87. The zero-order chi connectivity index (χ0) is 14.7. The number of hydrogen-bond donors (Lipinski definition) is 1. The smallest absolute Gasteiger partial charge is 0.124 e. The second kappa shape index (κ2) is 6.43. The van der Waals surface area contributed by atoms with Crippen LogP contribution in [-0.2, 0) is 6.54 Å². The van der Waals surface area contributed by atoms with Crippen LogP contribution >= 0.6 is 0 Å². The summed E-state index contributed by atoms with van der Waals surface area (Å²) in [7, 11) is 3.91. The molecule has 1 aliphatic heterocycles. The highest BCUT2D eigenvalue weighted by Gasteiger charge is 2.14. The number of fused-ring (bicyclic) bond motifs is 1. The number of nitrogens with one attached hydrogen (secondary N) is 1. The lowest BCUT2D eigenvalue weighted by molar-refractivity contribution is 0.102. The van der Waals surface area contributed by atoms with E-state index in [1.54, 1.807) is 7.11 Å². The van der Waals surface area contributed by atoms with Gasteiger partial charge in [0.1, 0.15) is 5.75 Å². The van der Waals surface area contributed by atoms with Crippen LogP contribution in [-0.4, -0.2) is 50.2 Å². The molecule has 0 saturated carbocycles. The normalized spacial score (nSPS) is 17.2. The number of piperazine rings is 1. The molecule has 3 rings (SSSR count). The quantitative estimate of drug-likeness (QED) is 0.931. The summed E-state index contributed by atoms with van der Waals surface area (Å²) in [5.41, 5.74) is 4.78. The van der Waals surface area contributed by atoms with Gasteiger partial charge in [-0.15, -0.1) is 0 Å². The third-order valence-electron chi connectivity index (χ3n) is 4.20. The van der Waals surface area contributed by atoms with Crippen LogP contribution in [0.25, 0.3) is 10.8 Å². The van der Waals surface area contributed by atoms with Gasteiger partial charge < -0.3 is 9.64 Å². The molecule has 1 saturated heterocycles. The Morgan fingerprint density at radius 3 is 2.57 bits per heavy atom. The summed E-state index contributed by atoms with van der Waals surface area (Å²) in [4.78, 5) is 2.36. The van der Waals surface area contributed by atoms with Gasteiger partial charge in [0.2, 0.25) is 0 Å². The molecule has 0 atom stereocenters. The molecule has 0 aliphatic carbocycles. The topological polar surface area (TPSA) is 27.7 Å². The average molecular weight is 285 g/mol. The van der Waals surface area contributed by atoms with Crippen molar-refractivity contribution in [1.82, 2.24) is 15.3 Å². The molecule has 0 bridgehead atoms. The number of likely N-dealkylation sites (N-methyl/N-ethyl adjacent to an activating group) is 1. The SMILES string of the molecule is COc1ccc2ccccc2c1CNN1CCN(C)CC1. The van der Waals surface area contributed by atoms with E-state index in [1.165, 1.54) is 16.3 Å². The average Bonchev–Trinajstić information content (AvgIpc) is 2.54. The van der Waals surface area contributed by atoms with Crippen molar-refractivity contribution in [1.29, 1.82) is 0 Å². The molecule has 1 N–H and O–H groups in total. The zero-order valence-corrected chi connectivity index (χ0v) is 12.8. The predicted octanol–water partition coefficient (Wildman–Crippen LogP) is 2.10. The van der Waals surface area contributed by atoms with E-state index in [0.29, 0.717) is 0 Å². The van der Waals surface area contributed by atoms with Crippen molar-refractivity contribution in [3.63, 3.8) is 0 Å². The van der Waals surface area contributed by atoms with Gasteiger partial charge in [-0.1, -0.05) is 30.3 Å². The summed E-state index contributed by atoms with van der Waals surface area (Å²) in [5, 5.41) is 4.83. The van der Waals surface area contributed by atoms with Crippen LogP contribution in [0.3, 0.4) is 0 Å². The van der Waals surface area contributed by atoms with E-state index in [0.717, 1.165) is 38.5 Å². The molecule has 21 heavy (non-hydrogen) atoms. The molecule has 2 aromatic rings. The summed E-state index contributed by atoms with van der Waals surface area (Å²) >= 11 is 0. The first-order valence-electron chi connectivity index (χ1n) is 7.49. The highest BCUT2D eigenvalue weighted by Crippen LogP contribution is 2.27. The Hall–Kier alpha value is -1.62. The van der Waals surface area contributed by atoms with Crippen LogP contribution in [0.5, 0.6) is 5.75 Å². The highest BCUT2D eigenvalue weighted by atomic mass is 16.5. The molecule has 4 nitrogen and oxygen atoms in total. The lowest BCUT2D eigenvalue weighted by Gasteiger charge is -2.32. The number of nitrogens with zero attached hydrogens (tertiary/aromatic N) is 2. The molecule has 1 aliphatic rings. The van der Waals surface area contributed by atoms with Crippen molar-refractivity contribution in [2.24, 2.45) is 0 Å². The molecule has 2 aromatic carbocycles. The molecule has 1 fully saturated rings. The molecular formula is C17H23N3O. The standard InChI is InChI=1S/C17H23N3O/c1-19-9-11-20(12-10-19)18-13-16-15-6-4-3-5-14(15)7-8-17(16)21-2/h3-8,18H,9-13H2,1-2H3. The number of methoxy groups -OCH3 is 1. The lowest BCUT2D eigenvalue weighted by Crippen LogP contribution is -2.50. The molecule has 0 amide bonds. The van der Waals surface area contributed by atoms with Crippen molar-refractivity contribution >= 4 is 10.8 Å². The van der Waals surface area contributed by atoms with E-state index in [1.807, 2.05) is 0 Å². The molecule has 0 aromatic heterocycles. The molecule has 112 valence electrons. The van der Waals surface area contributed by atoms with E-state index >= 15 is 0 Å². The number of rotatable bonds is 4. The maximum absolute atomic E-state index is 5.54. The minimum absolute atomic E-state index is 0.800. The predicted molar refractivity (Wildman–Crippen MR) is 86.4 cm³/mol. The fourth-order valence-corrected chi connectivity index (χ4v) is 2.84. The molecule has 0 spiro atoms. The van der Waals surface area contributed by atoms with Crippen molar-refractivity contribution in [3.05, 3.63) is 42.0 Å². The van der Waals surface area contributed by atoms with Gasteiger partial charge >= 0.3 is 0 Å². The first-order valence-corrected chi connectivity index (χ1v) is 7.49. The van der Waals surface area contributed by atoms with E-state index in [9.17, 15) is 0 Å². The van der Waals surface area contributed by atoms with E-state index in [4.69, 9.17) is 4.74 Å². The third kappa shape index (κ3) is 3.18. The molecule has 4 heteroatoms. The van der Waals surface area contributed by atoms with Crippen molar-refractivity contribution in [2.45, 2.75) is 6.54 Å². The van der Waals surface area contributed by atoms with Gasteiger partial charge in [0.25, 0.3) is 0 Å². The summed E-state index contributed by atoms with van der Waals surface area (Å²) in [6, 6.07) is 12.7. The van der Waals surface area contributed by atoms with Gasteiger partial charge in [-0.25, -0.2) is 5.01 Å². The molecule has 0 radical (unpaired) electrons. The third-order valence-corrected chi connectivity index (χ3v) is 4.20. The Bertz CT molecular complexity index is 606. The Morgan fingerprint density at radius 2 is 1.81 bits per heavy atom. The molecule has 0 unspecified atom stereocenters. The van der Waals surface area contributed by atoms with Gasteiger partial charge in [-0.3, -0.25) is 5.43 Å². The zero-order valence-electron chi connectivity index (χ0n) is 12.8. The number of ether oxygens (including phenoxy) is 1. The molecular weight excluding hydrogens is 262 g/mol. The van der Waals surface area contributed by atoms with Crippen LogP contribution in [0.1, 0.15) is 5.56 Å². The Kier molecular flexibility index (Phi) is 4.39. The molecule has 1 heterocycles. The van der Waals surface area contributed by atoms with Crippen molar-refractivity contribution < 1.29 is 4.74 Å². The largest absolute Gasteiger partial charge is 0.496 e. The minimum atomic E-state index is 0.800. The lowest BCUT2D eigenvalue weighted by atomic mass is 10.0. The first-order chi connectivity index (χ1) is 10.3. The van der Waals surface area contributed by atoms with Gasteiger partial charge in [-0.2, -0.15) is 0 Å². The number of benzene rings is 2. The summed E-state index contributed by atoms with van der Waals surface area (Å²) < 4.78 is 5.54. The van der Waals surface area contributed by atoms with Gasteiger partial charge in [0.05, 0.1) is 7.11 Å². The maximum atomic E-state index is 5.54. The minimum Gasteiger partial charge on any atom is -0.496 e. The van der Waals surface area contributed by atoms with Crippen molar-refractivity contribution in [2.75, 3.05) is 40.3 Å². The summed E-state index contributed by atoms with van der Waals surface area (Å²) in [6.45, 7) is 5.14. The number of hydrogen-bond acceptors (Lipinski definition) is 4. The van der Waals surface area contributed by atoms with E-state index in [-0.39, 0.29) is 0 Å². The summed E-state index contributed by atoms with van der Waals surface area (Å²) in [6.07, 6.45) is 0. The van der Waals surface area contributed by atoms with Gasteiger partial charge in [-0.05, 0) is 23.9 Å². The summed E-state index contributed by atoms with van der Waals surface area (Å²) in [5.74, 6) is 0.954. The second-order valence-corrected chi connectivity index (χ2v) is 5.59. The number of hydrazine groups is 1. The van der Waals surface area contributed by atoms with Gasteiger partial charge in [0.15, 0.2) is 0 Å². The monoisotopic (exact) mass is 285 g/mol. The van der Waals surface area contributed by atoms with Crippen LogP contribution in [0.2, 0.25) is 0 Å². The fraction of sp³-hybridized carbons (Fsp3) is 0.412. The second-order valence-electron chi connectivity index (χ2n) is 5.59. The Morgan fingerprint density at radius 1 is 1.05 bits per heavy atom. The van der Waals surface area contributed by atoms with Crippen LogP contribution in [0.15, 0.2) is 36.4 Å². The van der Waals surface area contributed by atoms with Crippen LogP contribution < -0.4 is 10.2 Å². The fourth-order valence-electron chi connectivity index (χ4n) is 2.84. The van der Waals surface area contributed by atoms with Crippen molar-refractivity contribution in [3.8, 4) is 5.75 Å². The maximum Gasteiger partial charge on any atom is 0.124 e. The Balaban J connectivity index is 1.79. The van der Waals surface area contributed by atoms with E-state index < -0.39 is 0 Å². The Labute approximate surface area is 126 Å². The first kappa shape index (κ1) is 14.3. The van der Waals surface area contributed by atoms with Crippen LogP contribution in [0, 0.1) is 0 Å². The van der Waals surface area contributed by atoms with E-state index in [2.05, 4.69) is 58.8 Å². The van der Waals surface area contributed by atoms with Crippen LogP contribution in [0.4, 0.5) is 0 Å². The van der Waals surface area contributed by atoms with Gasteiger partial charge in [0, 0.05) is 38.3 Å².